The highest BCUT2D eigenvalue weighted by Gasteiger charge is 2.29. The first-order valence-electron chi connectivity index (χ1n) is 8.54. The van der Waals surface area contributed by atoms with Crippen LogP contribution in [0.1, 0.15) is 42.1 Å². The van der Waals surface area contributed by atoms with Crippen molar-refractivity contribution in [2.45, 2.75) is 38.6 Å². The summed E-state index contributed by atoms with van der Waals surface area (Å²) in [6.07, 6.45) is 11.7. The summed E-state index contributed by atoms with van der Waals surface area (Å²) >= 11 is 0. The van der Waals surface area contributed by atoms with E-state index in [9.17, 15) is 9.59 Å². The van der Waals surface area contributed by atoms with Crippen LogP contribution in [0.2, 0.25) is 0 Å². The highest BCUT2D eigenvalue weighted by Crippen LogP contribution is 2.16. The Morgan fingerprint density at radius 2 is 2.04 bits per heavy atom. The van der Waals surface area contributed by atoms with Gasteiger partial charge in [0.25, 0.3) is 0 Å². The van der Waals surface area contributed by atoms with Crippen LogP contribution in [0.5, 0.6) is 0 Å². The second-order valence-corrected chi connectivity index (χ2v) is 6.05. The number of nitrogens with zero attached hydrogens (tertiary/aromatic N) is 1. The first-order chi connectivity index (χ1) is 11.6. The Hall–Kier alpha value is -2.20. The topological polar surface area (TPSA) is 57.6 Å². The molecule has 0 aliphatic carbocycles. The Bertz CT molecular complexity index is 616. The van der Waals surface area contributed by atoms with Gasteiger partial charge in [0.2, 0.25) is 0 Å². The zero-order valence-corrected chi connectivity index (χ0v) is 14.1. The number of allylic oxidation sites excluding steroid dienone is 3. The van der Waals surface area contributed by atoms with Crippen molar-refractivity contribution in [2.75, 3.05) is 13.1 Å². The number of carboxylic acid groups (broad SMARTS) is 1. The van der Waals surface area contributed by atoms with Crippen LogP contribution in [0.15, 0.2) is 48.6 Å². The van der Waals surface area contributed by atoms with Gasteiger partial charge in [0.05, 0.1) is 11.6 Å². The zero-order chi connectivity index (χ0) is 17.4. The smallest absolute Gasteiger partial charge is 0.335 e. The van der Waals surface area contributed by atoms with Crippen LogP contribution in [0.25, 0.3) is 0 Å². The standard InChI is InChI=1S/C20H25NO3/c1-2-3-4-5-6-7-18-19(22)13-15-21(18)14-12-16-8-10-17(11-9-16)20(23)24/h4-11,18H,2-3,12-15H2,1H3,(H,23,24)/t18-/m1/s1. The number of ketones is 1. The number of Topliss-reactive ketones (excluding diaryl/α,β-unsaturated/α-hetero) is 1. The van der Waals surface area contributed by atoms with E-state index in [2.05, 4.69) is 17.9 Å². The fraction of sp³-hybridized carbons (Fsp3) is 0.400. The van der Waals surface area contributed by atoms with E-state index in [4.69, 9.17) is 5.11 Å². The number of carbonyl (C=O) groups is 2. The first kappa shape index (κ1) is 18.1. The molecule has 4 heteroatoms. The summed E-state index contributed by atoms with van der Waals surface area (Å²) in [5.74, 6) is -0.635. The molecule has 1 aliphatic heterocycles. The van der Waals surface area contributed by atoms with Crippen LogP contribution in [0.4, 0.5) is 0 Å². The van der Waals surface area contributed by atoms with Crippen LogP contribution >= 0.6 is 0 Å². The number of likely N-dealkylation sites (tertiary alicyclic amines) is 1. The van der Waals surface area contributed by atoms with Gasteiger partial charge in [-0.3, -0.25) is 9.69 Å². The minimum atomic E-state index is -0.909. The van der Waals surface area contributed by atoms with Gasteiger partial charge < -0.3 is 5.11 Å². The van der Waals surface area contributed by atoms with Gasteiger partial charge in [-0.25, -0.2) is 4.79 Å². The molecular weight excluding hydrogens is 302 g/mol. The highest BCUT2D eigenvalue weighted by molar-refractivity contribution is 5.88. The average molecular weight is 327 g/mol. The van der Waals surface area contributed by atoms with E-state index in [0.717, 1.165) is 37.9 Å². The number of hydrogen-bond donors (Lipinski definition) is 1. The minimum absolute atomic E-state index is 0.130. The normalized spacial score (nSPS) is 18.9. The van der Waals surface area contributed by atoms with Crippen molar-refractivity contribution in [3.05, 3.63) is 59.7 Å². The fourth-order valence-electron chi connectivity index (χ4n) is 2.82. The number of unbranched alkanes of at least 4 members (excludes halogenated alkanes) is 1. The predicted molar refractivity (Wildman–Crippen MR) is 95.3 cm³/mol. The molecular formula is C20H25NO3. The Morgan fingerprint density at radius 1 is 1.29 bits per heavy atom. The van der Waals surface area contributed by atoms with E-state index in [1.54, 1.807) is 12.1 Å². The second-order valence-electron chi connectivity index (χ2n) is 6.05. The van der Waals surface area contributed by atoms with Crippen LogP contribution in [0.3, 0.4) is 0 Å². The third-order valence-corrected chi connectivity index (χ3v) is 4.25. The monoisotopic (exact) mass is 327 g/mol. The quantitative estimate of drug-likeness (QED) is 0.743. The molecule has 0 unspecified atom stereocenters. The third kappa shape index (κ3) is 5.17. The molecule has 4 nitrogen and oxygen atoms in total. The number of hydrogen-bond acceptors (Lipinski definition) is 3. The number of benzene rings is 1. The lowest BCUT2D eigenvalue weighted by Gasteiger charge is -2.20. The SMILES string of the molecule is CCCC=CC=C[C@@H]1C(=O)CCN1CCc1ccc(C(=O)O)cc1. The van der Waals surface area contributed by atoms with Crippen molar-refractivity contribution in [3.8, 4) is 0 Å². The van der Waals surface area contributed by atoms with Gasteiger partial charge in [-0.05, 0) is 30.5 Å². The maximum Gasteiger partial charge on any atom is 0.335 e. The highest BCUT2D eigenvalue weighted by atomic mass is 16.4. The fourth-order valence-corrected chi connectivity index (χ4v) is 2.82. The largest absolute Gasteiger partial charge is 0.478 e. The molecule has 0 aromatic heterocycles. The molecule has 1 fully saturated rings. The molecule has 1 heterocycles. The van der Waals surface area contributed by atoms with Crippen molar-refractivity contribution in [1.82, 2.24) is 4.90 Å². The van der Waals surface area contributed by atoms with Crippen molar-refractivity contribution >= 4 is 11.8 Å². The molecule has 0 saturated carbocycles. The predicted octanol–water partition coefficient (Wildman–Crippen LogP) is 3.48. The Balaban J connectivity index is 1.90. The molecule has 2 rings (SSSR count). The van der Waals surface area contributed by atoms with E-state index >= 15 is 0 Å². The molecule has 0 spiro atoms. The molecule has 0 bridgehead atoms. The Morgan fingerprint density at radius 3 is 2.71 bits per heavy atom. The molecule has 1 aliphatic rings. The first-order valence-corrected chi connectivity index (χ1v) is 8.54. The van der Waals surface area contributed by atoms with E-state index in [1.807, 2.05) is 30.4 Å². The number of carboxylic acids is 1. The summed E-state index contributed by atoms with van der Waals surface area (Å²) < 4.78 is 0. The summed E-state index contributed by atoms with van der Waals surface area (Å²) in [7, 11) is 0. The van der Waals surface area contributed by atoms with Crippen molar-refractivity contribution in [1.29, 1.82) is 0 Å². The van der Waals surface area contributed by atoms with E-state index in [-0.39, 0.29) is 11.8 Å². The second kappa shape index (κ2) is 9.18. The van der Waals surface area contributed by atoms with Crippen molar-refractivity contribution < 1.29 is 14.7 Å². The molecule has 1 atom stereocenters. The van der Waals surface area contributed by atoms with Crippen LogP contribution in [-0.4, -0.2) is 40.9 Å². The van der Waals surface area contributed by atoms with Gasteiger partial charge >= 0.3 is 5.97 Å². The number of carbonyl (C=O) groups excluding carboxylic acids is 1. The summed E-state index contributed by atoms with van der Waals surface area (Å²) in [5, 5.41) is 8.92. The molecule has 128 valence electrons. The summed E-state index contributed by atoms with van der Waals surface area (Å²) in [5.41, 5.74) is 1.39. The summed E-state index contributed by atoms with van der Waals surface area (Å²) in [4.78, 5) is 25.1. The van der Waals surface area contributed by atoms with Gasteiger partial charge in [0, 0.05) is 19.5 Å². The molecule has 1 aromatic rings. The summed E-state index contributed by atoms with van der Waals surface area (Å²) in [6, 6.07) is 6.82. The Kier molecular flexibility index (Phi) is 6.94. The molecule has 24 heavy (non-hydrogen) atoms. The minimum Gasteiger partial charge on any atom is -0.478 e. The maximum absolute atomic E-state index is 12.1. The van der Waals surface area contributed by atoms with Crippen molar-refractivity contribution in [2.24, 2.45) is 0 Å². The zero-order valence-electron chi connectivity index (χ0n) is 14.1. The molecule has 1 saturated heterocycles. The molecule has 1 N–H and O–H groups in total. The molecule has 0 radical (unpaired) electrons. The van der Waals surface area contributed by atoms with Gasteiger partial charge in [-0.15, -0.1) is 0 Å². The lowest BCUT2D eigenvalue weighted by atomic mass is 10.1. The molecule has 0 amide bonds. The van der Waals surface area contributed by atoms with E-state index in [1.165, 1.54) is 0 Å². The molecule has 1 aromatic carbocycles. The van der Waals surface area contributed by atoms with E-state index in [0.29, 0.717) is 12.0 Å². The summed E-state index contributed by atoms with van der Waals surface area (Å²) in [6.45, 7) is 3.73. The van der Waals surface area contributed by atoms with Crippen molar-refractivity contribution in [3.63, 3.8) is 0 Å². The Labute approximate surface area is 143 Å². The van der Waals surface area contributed by atoms with Crippen LogP contribution in [0, 0.1) is 0 Å². The average Bonchev–Trinajstić information content (AvgIpc) is 2.93. The van der Waals surface area contributed by atoms with Gasteiger partial charge in [-0.1, -0.05) is 49.8 Å². The maximum atomic E-state index is 12.1. The third-order valence-electron chi connectivity index (χ3n) is 4.25. The van der Waals surface area contributed by atoms with Gasteiger partial charge in [-0.2, -0.15) is 0 Å². The van der Waals surface area contributed by atoms with E-state index < -0.39 is 5.97 Å². The van der Waals surface area contributed by atoms with Gasteiger partial charge in [0.15, 0.2) is 5.78 Å². The van der Waals surface area contributed by atoms with Crippen LogP contribution in [-0.2, 0) is 11.2 Å². The lowest BCUT2D eigenvalue weighted by Crippen LogP contribution is -2.33. The lowest BCUT2D eigenvalue weighted by molar-refractivity contribution is -0.118. The van der Waals surface area contributed by atoms with Crippen LogP contribution < -0.4 is 0 Å². The number of rotatable bonds is 8. The van der Waals surface area contributed by atoms with Gasteiger partial charge in [0.1, 0.15) is 0 Å². The number of aromatic carboxylic acids is 1.